The molecule has 1 fully saturated rings. The van der Waals surface area contributed by atoms with Crippen molar-refractivity contribution < 1.29 is 14.6 Å². The normalized spacial score (nSPS) is 18.9. The average molecular weight is 282 g/mol. The third-order valence-corrected chi connectivity index (χ3v) is 3.46. The average Bonchev–Trinajstić information content (AvgIpc) is 2.89. The molecule has 0 amide bonds. The van der Waals surface area contributed by atoms with E-state index >= 15 is 0 Å². The molecule has 1 aliphatic heterocycles. The number of ether oxygens (including phenoxy) is 1. The Kier molecular flexibility index (Phi) is 4.45. The van der Waals surface area contributed by atoms with Crippen LogP contribution < -0.4 is 4.90 Å². The lowest BCUT2D eigenvalue weighted by Crippen LogP contribution is -2.32. The van der Waals surface area contributed by atoms with Gasteiger partial charge in [-0.25, -0.2) is 4.79 Å². The van der Waals surface area contributed by atoms with Gasteiger partial charge in [0.15, 0.2) is 0 Å². The van der Waals surface area contributed by atoms with E-state index in [9.17, 15) is 4.79 Å². The molecule has 0 aliphatic carbocycles. The van der Waals surface area contributed by atoms with Gasteiger partial charge in [-0.15, -0.1) is 0 Å². The van der Waals surface area contributed by atoms with Gasteiger partial charge in [0.25, 0.3) is 0 Å². The number of hydrogen-bond donors (Lipinski definition) is 1. The van der Waals surface area contributed by atoms with Gasteiger partial charge in [0.1, 0.15) is 0 Å². The van der Waals surface area contributed by atoms with E-state index in [2.05, 4.69) is 4.90 Å². The lowest BCUT2D eigenvalue weighted by molar-refractivity contribution is -0.131. The first kappa shape index (κ1) is 13.9. The highest BCUT2D eigenvalue weighted by molar-refractivity contribution is 6.30. The van der Waals surface area contributed by atoms with Gasteiger partial charge in [0.05, 0.1) is 12.6 Å². The second-order valence-electron chi connectivity index (χ2n) is 4.50. The second-order valence-corrected chi connectivity index (χ2v) is 4.94. The molecule has 1 aromatic rings. The number of benzene rings is 1. The van der Waals surface area contributed by atoms with Crippen molar-refractivity contribution in [1.82, 2.24) is 0 Å². The third-order valence-electron chi connectivity index (χ3n) is 3.23. The molecular weight excluding hydrogens is 266 g/mol. The maximum atomic E-state index is 10.6. The van der Waals surface area contributed by atoms with Gasteiger partial charge in [-0.1, -0.05) is 11.6 Å². The summed E-state index contributed by atoms with van der Waals surface area (Å²) in [4.78, 5) is 12.8. The molecular formula is C14H16ClNO3. The van der Waals surface area contributed by atoms with Crippen molar-refractivity contribution in [2.24, 2.45) is 0 Å². The smallest absolute Gasteiger partial charge is 0.328 e. The maximum Gasteiger partial charge on any atom is 0.328 e. The van der Waals surface area contributed by atoms with E-state index < -0.39 is 5.97 Å². The SMILES string of the molecule is CN(c1ccc(Cl)cc1/C=C/C(=O)O)C1CCOC1. The molecule has 1 aromatic carbocycles. The third kappa shape index (κ3) is 3.49. The van der Waals surface area contributed by atoms with E-state index in [1.54, 1.807) is 18.2 Å². The van der Waals surface area contributed by atoms with Crippen LogP contribution in [0.4, 0.5) is 5.69 Å². The number of nitrogens with zero attached hydrogens (tertiary/aromatic N) is 1. The molecule has 0 spiro atoms. The van der Waals surface area contributed by atoms with Crippen molar-refractivity contribution in [3.8, 4) is 0 Å². The van der Waals surface area contributed by atoms with Crippen LogP contribution in [0.1, 0.15) is 12.0 Å². The van der Waals surface area contributed by atoms with Crippen molar-refractivity contribution in [2.75, 3.05) is 25.2 Å². The highest BCUT2D eigenvalue weighted by Crippen LogP contribution is 2.28. The summed E-state index contributed by atoms with van der Waals surface area (Å²) in [6, 6.07) is 5.80. The van der Waals surface area contributed by atoms with Crippen molar-refractivity contribution in [2.45, 2.75) is 12.5 Å². The predicted octanol–water partition coefficient (Wildman–Crippen LogP) is 2.66. The first-order chi connectivity index (χ1) is 9.08. The summed E-state index contributed by atoms with van der Waals surface area (Å²) in [5.74, 6) is -0.974. The summed E-state index contributed by atoms with van der Waals surface area (Å²) < 4.78 is 5.38. The first-order valence-electron chi connectivity index (χ1n) is 6.09. The van der Waals surface area contributed by atoms with Crippen LogP contribution in [-0.2, 0) is 9.53 Å². The minimum absolute atomic E-state index is 0.318. The Labute approximate surface area is 117 Å². The quantitative estimate of drug-likeness (QED) is 0.862. The summed E-state index contributed by atoms with van der Waals surface area (Å²) in [5, 5.41) is 9.32. The fraction of sp³-hybridized carbons (Fsp3) is 0.357. The lowest BCUT2D eigenvalue weighted by atomic mass is 10.1. The van der Waals surface area contributed by atoms with Gasteiger partial charge in [-0.2, -0.15) is 0 Å². The minimum Gasteiger partial charge on any atom is -0.478 e. The van der Waals surface area contributed by atoms with Gasteiger partial charge in [0.2, 0.25) is 0 Å². The predicted molar refractivity (Wildman–Crippen MR) is 75.7 cm³/mol. The van der Waals surface area contributed by atoms with Gasteiger partial charge in [-0.3, -0.25) is 0 Å². The van der Waals surface area contributed by atoms with Crippen LogP contribution in [0.2, 0.25) is 5.02 Å². The number of hydrogen-bond acceptors (Lipinski definition) is 3. The number of anilines is 1. The van der Waals surface area contributed by atoms with Crippen LogP contribution in [0.25, 0.3) is 6.08 Å². The molecule has 0 bridgehead atoms. The van der Waals surface area contributed by atoms with Crippen LogP contribution in [0, 0.1) is 0 Å². The molecule has 1 heterocycles. The molecule has 4 nitrogen and oxygen atoms in total. The van der Waals surface area contributed by atoms with E-state index in [1.165, 1.54) is 0 Å². The van der Waals surface area contributed by atoms with Gasteiger partial charge in [0, 0.05) is 30.4 Å². The summed E-state index contributed by atoms with van der Waals surface area (Å²) in [7, 11) is 1.99. The summed E-state index contributed by atoms with van der Waals surface area (Å²) >= 11 is 5.97. The molecule has 1 unspecified atom stereocenters. The fourth-order valence-electron chi connectivity index (χ4n) is 2.17. The number of likely N-dealkylation sites (N-methyl/N-ethyl adjacent to an activating group) is 1. The number of halogens is 1. The fourth-order valence-corrected chi connectivity index (χ4v) is 2.35. The van der Waals surface area contributed by atoms with Crippen LogP contribution in [0.3, 0.4) is 0 Å². The van der Waals surface area contributed by atoms with Crippen molar-refractivity contribution in [1.29, 1.82) is 0 Å². The molecule has 1 saturated heterocycles. The van der Waals surface area contributed by atoms with Gasteiger partial charge in [-0.05, 0) is 36.3 Å². The van der Waals surface area contributed by atoms with Gasteiger partial charge < -0.3 is 14.7 Å². The van der Waals surface area contributed by atoms with Crippen LogP contribution in [0.15, 0.2) is 24.3 Å². The first-order valence-corrected chi connectivity index (χ1v) is 6.47. The molecule has 1 N–H and O–H groups in total. The molecule has 0 saturated carbocycles. The monoisotopic (exact) mass is 281 g/mol. The van der Waals surface area contributed by atoms with E-state index in [-0.39, 0.29) is 0 Å². The Balaban J connectivity index is 2.30. The molecule has 1 atom stereocenters. The zero-order valence-electron chi connectivity index (χ0n) is 10.7. The highest BCUT2D eigenvalue weighted by atomic mass is 35.5. The summed E-state index contributed by atoms with van der Waals surface area (Å²) in [5.41, 5.74) is 1.75. The molecule has 19 heavy (non-hydrogen) atoms. The minimum atomic E-state index is -0.974. The molecule has 5 heteroatoms. The Morgan fingerprint density at radius 2 is 2.37 bits per heavy atom. The Bertz CT molecular complexity index is 495. The number of carboxylic acid groups (broad SMARTS) is 1. The molecule has 1 aliphatic rings. The Morgan fingerprint density at radius 3 is 3.00 bits per heavy atom. The molecule has 102 valence electrons. The Hall–Kier alpha value is -1.52. The molecule has 0 aromatic heterocycles. The standard InChI is InChI=1S/C14H16ClNO3/c1-16(12-6-7-19-9-12)13-4-3-11(15)8-10(13)2-5-14(17)18/h2-5,8,12H,6-7,9H2,1H3,(H,17,18)/b5-2+. The van der Waals surface area contributed by atoms with Crippen LogP contribution in [-0.4, -0.2) is 37.4 Å². The van der Waals surface area contributed by atoms with Crippen LogP contribution >= 0.6 is 11.6 Å². The van der Waals surface area contributed by atoms with Crippen molar-refractivity contribution in [3.63, 3.8) is 0 Å². The van der Waals surface area contributed by atoms with E-state index in [4.69, 9.17) is 21.4 Å². The molecule has 0 radical (unpaired) electrons. The van der Waals surface area contributed by atoms with E-state index in [0.29, 0.717) is 17.7 Å². The van der Waals surface area contributed by atoms with Crippen molar-refractivity contribution >= 4 is 29.3 Å². The topological polar surface area (TPSA) is 49.8 Å². The number of aliphatic carboxylic acids is 1. The second kappa shape index (κ2) is 6.08. The van der Waals surface area contributed by atoms with E-state index in [0.717, 1.165) is 30.4 Å². The lowest BCUT2D eigenvalue weighted by Gasteiger charge is -2.27. The largest absolute Gasteiger partial charge is 0.478 e. The Morgan fingerprint density at radius 1 is 1.58 bits per heavy atom. The maximum absolute atomic E-state index is 10.6. The number of carboxylic acids is 1. The van der Waals surface area contributed by atoms with Crippen LogP contribution in [0.5, 0.6) is 0 Å². The zero-order chi connectivity index (χ0) is 13.8. The summed E-state index contributed by atoms with van der Waals surface area (Å²) in [6.45, 7) is 1.46. The van der Waals surface area contributed by atoms with Crippen molar-refractivity contribution in [3.05, 3.63) is 34.9 Å². The van der Waals surface area contributed by atoms with E-state index in [1.807, 2.05) is 13.1 Å². The molecule has 2 rings (SSSR count). The highest BCUT2D eigenvalue weighted by Gasteiger charge is 2.21. The number of carbonyl (C=O) groups is 1. The number of rotatable bonds is 4. The van der Waals surface area contributed by atoms with Gasteiger partial charge >= 0.3 is 5.97 Å². The summed E-state index contributed by atoms with van der Waals surface area (Å²) in [6.07, 6.45) is 3.66. The zero-order valence-corrected chi connectivity index (χ0v) is 11.4.